The van der Waals surface area contributed by atoms with E-state index in [1.165, 1.54) is 12.0 Å². The minimum Gasteiger partial charge on any atom is -0.329 e. The van der Waals surface area contributed by atoms with Crippen molar-refractivity contribution in [3.8, 4) is 0 Å². The predicted octanol–water partition coefficient (Wildman–Crippen LogP) is 1.51. The van der Waals surface area contributed by atoms with Gasteiger partial charge in [-0.1, -0.05) is 30.3 Å². The standard InChI is InChI=1S/C12H20N2/c1-14(11-9-13)10-5-8-12-6-3-2-4-7-12/h2-4,6-7H,5,8-11,13H2,1H3. The van der Waals surface area contributed by atoms with Crippen molar-refractivity contribution in [2.24, 2.45) is 5.73 Å². The first kappa shape index (κ1) is 11.2. The van der Waals surface area contributed by atoms with E-state index < -0.39 is 0 Å². The van der Waals surface area contributed by atoms with Gasteiger partial charge in [-0.2, -0.15) is 0 Å². The van der Waals surface area contributed by atoms with Crippen LogP contribution in [0.4, 0.5) is 0 Å². The lowest BCUT2D eigenvalue weighted by Crippen LogP contribution is -2.26. The van der Waals surface area contributed by atoms with E-state index in [1.807, 2.05) is 0 Å². The van der Waals surface area contributed by atoms with Crippen molar-refractivity contribution >= 4 is 0 Å². The summed E-state index contributed by atoms with van der Waals surface area (Å²) in [6.45, 7) is 2.88. The molecule has 78 valence electrons. The molecule has 1 aromatic rings. The highest BCUT2D eigenvalue weighted by molar-refractivity contribution is 5.14. The van der Waals surface area contributed by atoms with Crippen LogP contribution in [-0.4, -0.2) is 31.6 Å². The van der Waals surface area contributed by atoms with Crippen LogP contribution in [0.2, 0.25) is 0 Å². The number of nitrogens with zero attached hydrogens (tertiary/aromatic N) is 1. The molecule has 0 atom stereocenters. The highest BCUT2D eigenvalue weighted by atomic mass is 15.1. The number of hydrogen-bond acceptors (Lipinski definition) is 2. The maximum Gasteiger partial charge on any atom is 0.0102 e. The summed E-state index contributed by atoms with van der Waals surface area (Å²) in [4.78, 5) is 2.28. The van der Waals surface area contributed by atoms with Crippen LogP contribution in [0.25, 0.3) is 0 Å². The molecular formula is C12H20N2. The predicted molar refractivity (Wildman–Crippen MR) is 61.3 cm³/mol. The average molecular weight is 192 g/mol. The fourth-order valence-corrected chi connectivity index (χ4v) is 1.53. The third kappa shape index (κ3) is 4.40. The fraction of sp³-hybridized carbons (Fsp3) is 0.500. The molecule has 0 fully saturated rings. The first-order chi connectivity index (χ1) is 6.83. The molecule has 0 saturated heterocycles. The average Bonchev–Trinajstić information content (AvgIpc) is 2.20. The van der Waals surface area contributed by atoms with Crippen molar-refractivity contribution in [1.82, 2.24) is 4.90 Å². The Bertz CT molecular complexity index is 233. The van der Waals surface area contributed by atoms with Crippen LogP contribution in [0, 0.1) is 0 Å². The Morgan fingerprint density at radius 3 is 2.50 bits per heavy atom. The molecule has 1 rings (SSSR count). The van der Waals surface area contributed by atoms with Gasteiger partial charge in [0.05, 0.1) is 0 Å². The third-order valence-electron chi connectivity index (χ3n) is 2.36. The monoisotopic (exact) mass is 192 g/mol. The minimum absolute atomic E-state index is 0.752. The molecule has 0 unspecified atom stereocenters. The molecule has 0 aliphatic heterocycles. The first-order valence-electron chi connectivity index (χ1n) is 5.25. The quantitative estimate of drug-likeness (QED) is 0.740. The van der Waals surface area contributed by atoms with E-state index >= 15 is 0 Å². The molecule has 0 aliphatic rings. The molecule has 0 aromatic heterocycles. The van der Waals surface area contributed by atoms with Gasteiger partial charge in [0.2, 0.25) is 0 Å². The Morgan fingerprint density at radius 2 is 1.86 bits per heavy atom. The van der Waals surface area contributed by atoms with Crippen LogP contribution >= 0.6 is 0 Å². The minimum atomic E-state index is 0.752. The largest absolute Gasteiger partial charge is 0.329 e. The van der Waals surface area contributed by atoms with Crippen molar-refractivity contribution in [3.63, 3.8) is 0 Å². The topological polar surface area (TPSA) is 29.3 Å². The van der Waals surface area contributed by atoms with E-state index in [4.69, 9.17) is 5.73 Å². The zero-order valence-corrected chi connectivity index (χ0v) is 8.95. The lowest BCUT2D eigenvalue weighted by Gasteiger charge is -2.14. The molecule has 0 radical (unpaired) electrons. The molecule has 0 aliphatic carbocycles. The summed E-state index contributed by atoms with van der Waals surface area (Å²) in [5.41, 5.74) is 6.90. The number of likely N-dealkylation sites (N-methyl/N-ethyl adjacent to an activating group) is 1. The maximum atomic E-state index is 5.47. The Labute approximate surface area is 86.7 Å². The Hall–Kier alpha value is -0.860. The van der Waals surface area contributed by atoms with Crippen LogP contribution in [0.3, 0.4) is 0 Å². The normalized spacial score (nSPS) is 10.8. The highest BCUT2D eigenvalue weighted by Crippen LogP contribution is 2.02. The van der Waals surface area contributed by atoms with Gasteiger partial charge in [-0.3, -0.25) is 0 Å². The third-order valence-corrected chi connectivity index (χ3v) is 2.36. The van der Waals surface area contributed by atoms with Gasteiger partial charge in [0.15, 0.2) is 0 Å². The molecule has 1 aromatic carbocycles. The molecular weight excluding hydrogens is 172 g/mol. The molecule has 0 spiro atoms. The second-order valence-corrected chi connectivity index (χ2v) is 3.68. The van der Waals surface area contributed by atoms with Gasteiger partial charge in [0.25, 0.3) is 0 Å². The molecule has 2 heteroatoms. The van der Waals surface area contributed by atoms with Gasteiger partial charge in [-0.25, -0.2) is 0 Å². The van der Waals surface area contributed by atoms with E-state index in [2.05, 4.69) is 42.3 Å². The highest BCUT2D eigenvalue weighted by Gasteiger charge is 1.96. The Morgan fingerprint density at radius 1 is 1.14 bits per heavy atom. The van der Waals surface area contributed by atoms with Crippen LogP contribution in [0.15, 0.2) is 30.3 Å². The van der Waals surface area contributed by atoms with Gasteiger partial charge < -0.3 is 10.6 Å². The van der Waals surface area contributed by atoms with Crippen molar-refractivity contribution in [2.45, 2.75) is 12.8 Å². The molecule has 2 N–H and O–H groups in total. The number of nitrogens with two attached hydrogens (primary N) is 1. The zero-order valence-electron chi connectivity index (χ0n) is 8.95. The van der Waals surface area contributed by atoms with Crippen LogP contribution in [-0.2, 0) is 6.42 Å². The van der Waals surface area contributed by atoms with Crippen LogP contribution in [0.1, 0.15) is 12.0 Å². The summed E-state index contributed by atoms with van der Waals surface area (Å²) >= 11 is 0. The number of hydrogen-bond donors (Lipinski definition) is 1. The maximum absolute atomic E-state index is 5.47. The van der Waals surface area contributed by atoms with Crippen molar-refractivity contribution in [3.05, 3.63) is 35.9 Å². The number of rotatable bonds is 6. The first-order valence-corrected chi connectivity index (χ1v) is 5.25. The second kappa shape index (κ2) is 6.57. The fourth-order valence-electron chi connectivity index (χ4n) is 1.53. The molecule has 0 heterocycles. The smallest absolute Gasteiger partial charge is 0.0102 e. The van der Waals surface area contributed by atoms with Crippen molar-refractivity contribution < 1.29 is 0 Å². The van der Waals surface area contributed by atoms with E-state index in [0.717, 1.165) is 26.1 Å². The summed E-state index contributed by atoms with van der Waals surface area (Å²) in [7, 11) is 2.12. The summed E-state index contributed by atoms with van der Waals surface area (Å²) in [6, 6.07) is 10.6. The Balaban J connectivity index is 2.16. The van der Waals surface area contributed by atoms with Gasteiger partial charge in [0.1, 0.15) is 0 Å². The van der Waals surface area contributed by atoms with E-state index in [1.54, 1.807) is 0 Å². The Kier molecular flexibility index (Phi) is 5.27. The summed E-state index contributed by atoms with van der Waals surface area (Å²) in [6.07, 6.45) is 2.37. The van der Waals surface area contributed by atoms with Gasteiger partial charge in [-0.05, 0) is 32.0 Å². The molecule has 0 bridgehead atoms. The van der Waals surface area contributed by atoms with Crippen LogP contribution in [0.5, 0.6) is 0 Å². The van der Waals surface area contributed by atoms with Gasteiger partial charge in [0, 0.05) is 13.1 Å². The lowest BCUT2D eigenvalue weighted by molar-refractivity contribution is 0.338. The van der Waals surface area contributed by atoms with Crippen LogP contribution < -0.4 is 5.73 Å². The van der Waals surface area contributed by atoms with Crippen molar-refractivity contribution in [2.75, 3.05) is 26.7 Å². The summed E-state index contributed by atoms with van der Waals surface area (Å²) in [5, 5.41) is 0. The second-order valence-electron chi connectivity index (χ2n) is 3.68. The van der Waals surface area contributed by atoms with E-state index in [-0.39, 0.29) is 0 Å². The SMILES string of the molecule is CN(CCN)CCCc1ccccc1. The summed E-state index contributed by atoms with van der Waals surface area (Å²) in [5.74, 6) is 0. The lowest BCUT2D eigenvalue weighted by atomic mass is 10.1. The van der Waals surface area contributed by atoms with Crippen molar-refractivity contribution in [1.29, 1.82) is 0 Å². The molecule has 14 heavy (non-hydrogen) atoms. The zero-order chi connectivity index (χ0) is 10.2. The number of aryl methyl sites for hydroxylation is 1. The van der Waals surface area contributed by atoms with E-state index in [0.29, 0.717) is 0 Å². The van der Waals surface area contributed by atoms with Gasteiger partial charge >= 0.3 is 0 Å². The molecule has 2 nitrogen and oxygen atoms in total. The van der Waals surface area contributed by atoms with E-state index in [9.17, 15) is 0 Å². The molecule has 0 saturated carbocycles. The number of benzene rings is 1. The molecule has 0 amide bonds. The summed E-state index contributed by atoms with van der Waals surface area (Å²) < 4.78 is 0. The van der Waals surface area contributed by atoms with Gasteiger partial charge in [-0.15, -0.1) is 0 Å².